The maximum atomic E-state index is 12.8. The zero-order valence-electron chi connectivity index (χ0n) is 18.3. The molecule has 0 spiro atoms. The van der Waals surface area contributed by atoms with Crippen molar-refractivity contribution in [2.24, 2.45) is 5.92 Å². The molecule has 1 aliphatic heterocycles. The third-order valence-electron chi connectivity index (χ3n) is 5.99. The van der Waals surface area contributed by atoms with Gasteiger partial charge in [0.05, 0.1) is 12.5 Å². The first-order valence-corrected chi connectivity index (χ1v) is 11.3. The number of nitriles is 1. The summed E-state index contributed by atoms with van der Waals surface area (Å²) in [5.41, 5.74) is 1.13. The standard InChI is InChI=1S/C25H34N4O.ClH/c26-13-6-16-27-14-3-4-15-28-20-21-11-17-29(18-12-21)25(30)19-23-9-5-8-22-7-1-2-10-24(22)23;/h1-2,5,7-10,21,27-28H,3-4,6,11-12,14-20H2;1H. The molecule has 1 aliphatic rings. The third kappa shape index (κ3) is 8.14. The summed E-state index contributed by atoms with van der Waals surface area (Å²) >= 11 is 0. The van der Waals surface area contributed by atoms with Crippen LogP contribution in [0.4, 0.5) is 0 Å². The van der Waals surface area contributed by atoms with Crippen LogP contribution in [0.5, 0.6) is 0 Å². The van der Waals surface area contributed by atoms with Crippen LogP contribution in [0.15, 0.2) is 42.5 Å². The molecule has 3 rings (SSSR count). The summed E-state index contributed by atoms with van der Waals surface area (Å²) in [7, 11) is 0. The fourth-order valence-corrected chi connectivity index (χ4v) is 4.18. The van der Waals surface area contributed by atoms with E-state index in [1.165, 1.54) is 10.8 Å². The van der Waals surface area contributed by atoms with E-state index in [0.717, 1.165) is 70.5 Å². The summed E-state index contributed by atoms with van der Waals surface area (Å²) < 4.78 is 0. The van der Waals surface area contributed by atoms with Gasteiger partial charge in [0, 0.05) is 26.1 Å². The zero-order chi connectivity index (χ0) is 21.0. The molecule has 0 aromatic heterocycles. The first kappa shape index (κ1) is 25.1. The Morgan fingerprint density at radius 3 is 2.48 bits per heavy atom. The highest BCUT2D eigenvalue weighted by molar-refractivity contribution is 5.90. The van der Waals surface area contributed by atoms with Gasteiger partial charge in [0.25, 0.3) is 0 Å². The molecule has 5 nitrogen and oxygen atoms in total. The molecular weight excluding hydrogens is 408 g/mol. The molecule has 0 saturated carbocycles. The molecule has 1 fully saturated rings. The molecule has 2 N–H and O–H groups in total. The second kappa shape index (κ2) is 14.0. The molecule has 1 saturated heterocycles. The van der Waals surface area contributed by atoms with Crippen molar-refractivity contribution in [3.05, 3.63) is 48.0 Å². The number of amides is 1. The molecule has 2 aromatic rings. The summed E-state index contributed by atoms with van der Waals surface area (Å²) in [5.74, 6) is 0.919. The van der Waals surface area contributed by atoms with Gasteiger partial charge < -0.3 is 15.5 Å². The van der Waals surface area contributed by atoms with E-state index < -0.39 is 0 Å². The van der Waals surface area contributed by atoms with Gasteiger partial charge in [0.1, 0.15) is 0 Å². The Hall–Kier alpha value is -2.13. The topological polar surface area (TPSA) is 68.2 Å². The second-order valence-electron chi connectivity index (χ2n) is 8.21. The number of piperidine rings is 1. The van der Waals surface area contributed by atoms with Gasteiger partial charge >= 0.3 is 0 Å². The molecule has 168 valence electrons. The normalized spacial score (nSPS) is 14.2. The number of rotatable bonds is 11. The molecular formula is C25H35ClN4O. The predicted molar refractivity (Wildman–Crippen MR) is 129 cm³/mol. The van der Waals surface area contributed by atoms with E-state index >= 15 is 0 Å². The largest absolute Gasteiger partial charge is 0.342 e. The Balaban J connectivity index is 0.00000341. The molecule has 0 unspecified atom stereocenters. The van der Waals surface area contributed by atoms with Crippen LogP contribution in [0.3, 0.4) is 0 Å². The molecule has 0 radical (unpaired) electrons. The smallest absolute Gasteiger partial charge is 0.227 e. The minimum Gasteiger partial charge on any atom is -0.342 e. The van der Waals surface area contributed by atoms with Gasteiger partial charge in [-0.25, -0.2) is 0 Å². The number of likely N-dealkylation sites (tertiary alicyclic amines) is 1. The van der Waals surface area contributed by atoms with E-state index in [1.807, 2.05) is 23.1 Å². The van der Waals surface area contributed by atoms with Crippen LogP contribution in [0.25, 0.3) is 10.8 Å². The average Bonchev–Trinajstić information content (AvgIpc) is 2.78. The number of halogens is 1. The minimum absolute atomic E-state index is 0. The second-order valence-corrected chi connectivity index (χ2v) is 8.21. The van der Waals surface area contributed by atoms with E-state index in [9.17, 15) is 4.79 Å². The number of nitrogens with zero attached hydrogens (tertiary/aromatic N) is 2. The van der Waals surface area contributed by atoms with Crippen LogP contribution in [0.2, 0.25) is 0 Å². The van der Waals surface area contributed by atoms with Gasteiger partial charge in [0.15, 0.2) is 0 Å². The van der Waals surface area contributed by atoms with Crippen LogP contribution in [0.1, 0.15) is 37.7 Å². The van der Waals surface area contributed by atoms with E-state index in [2.05, 4.69) is 41.0 Å². The average molecular weight is 443 g/mol. The van der Waals surface area contributed by atoms with Gasteiger partial charge in [-0.15, -0.1) is 12.4 Å². The summed E-state index contributed by atoms with van der Waals surface area (Å²) in [4.78, 5) is 14.9. The quantitative estimate of drug-likeness (QED) is 0.517. The van der Waals surface area contributed by atoms with Gasteiger partial charge in [-0.1, -0.05) is 42.5 Å². The number of hydrogen-bond donors (Lipinski definition) is 2. The Bertz CT molecular complexity index is 838. The summed E-state index contributed by atoms with van der Waals surface area (Å²) in [6.45, 7) is 5.62. The van der Waals surface area contributed by atoms with Crippen molar-refractivity contribution in [1.82, 2.24) is 15.5 Å². The van der Waals surface area contributed by atoms with Crippen molar-refractivity contribution in [2.75, 3.05) is 39.3 Å². The molecule has 0 bridgehead atoms. The highest BCUT2D eigenvalue weighted by Gasteiger charge is 2.22. The first-order chi connectivity index (χ1) is 14.8. The summed E-state index contributed by atoms with van der Waals surface area (Å²) in [6, 6.07) is 16.7. The maximum Gasteiger partial charge on any atom is 0.227 e. The van der Waals surface area contributed by atoms with Gasteiger partial charge in [-0.05, 0) is 67.6 Å². The monoisotopic (exact) mass is 442 g/mol. The van der Waals surface area contributed by atoms with Crippen LogP contribution >= 0.6 is 12.4 Å². The highest BCUT2D eigenvalue weighted by Crippen LogP contribution is 2.21. The number of hydrogen-bond acceptors (Lipinski definition) is 4. The SMILES string of the molecule is Cl.N#CCCNCCCCNCC1CCN(C(=O)Cc2cccc3ccccc23)CC1. The Morgan fingerprint density at radius 2 is 1.71 bits per heavy atom. The fourth-order valence-electron chi connectivity index (χ4n) is 4.18. The van der Waals surface area contributed by atoms with E-state index in [1.54, 1.807) is 0 Å². The van der Waals surface area contributed by atoms with Crippen molar-refractivity contribution in [2.45, 2.75) is 38.5 Å². The number of nitrogens with one attached hydrogen (secondary N) is 2. The lowest BCUT2D eigenvalue weighted by molar-refractivity contribution is -0.131. The third-order valence-corrected chi connectivity index (χ3v) is 5.99. The number of carbonyl (C=O) groups excluding carboxylic acids is 1. The lowest BCUT2D eigenvalue weighted by atomic mass is 9.95. The van der Waals surface area contributed by atoms with Crippen molar-refractivity contribution in [1.29, 1.82) is 5.26 Å². The van der Waals surface area contributed by atoms with Crippen molar-refractivity contribution in [3.63, 3.8) is 0 Å². The number of carbonyl (C=O) groups is 1. The summed E-state index contributed by atoms with van der Waals surface area (Å²) in [5, 5.41) is 17.7. The van der Waals surface area contributed by atoms with Gasteiger partial charge in [0.2, 0.25) is 5.91 Å². The fraction of sp³-hybridized carbons (Fsp3) is 0.520. The Morgan fingerprint density at radius 1 is 1.00 bits per heavy atom. The van der Waals surface area contributed by atoms with E-state index in [4.69, 9.17) is 5.26 Å². The summed E-state index contributed by atoms with van der Waals surface area (Å²) in [6.07, 6.45) is 5.55. The van der Waals surface area contributed by atoms with Crippen LogP contribution < -0.4 is 10.6 Å². The van der Waals surface area contributed by atoms with Crippen molar-refractivity contribution in [3.8, 4) is 6.07 Å². The van der Waals surface area contributed by atoms with E-state index in [-0.39, 0.29) is 18.3 Å². The Kier molecular flexibility index (Phi) is 11.4. The van der Waals surface area contributed by atoms with Gasteiger partial charge in [-0.2, -0.15) is 5.26 Å². The van der Waals surface area contributed by atoms with E-state index in [0.29, 0.717) is 18.8 Å². The molecule has 2 aromatic carbocycles. The predicted octanol–water partition coefficient (Wildman–Crippen LogP) is 3.92. The highest BCUT2D eigenvalue weighted by atomic mass is 35.5. The van der Waals surface area contributed by atoms with Crippen LogP contribution in [-0.2, 0) is 11.2 Å². The minimum atomic E-state index is 0. The molecule has 6 heteroatoms. The van der Waals surface area contributed by atoms with Crippen molar-refractivity contribution >= 4 is 29.1 Å². The molecule has 31 heavy (non-hydrogen) atoms. The number of benzene rings is 2. The Labute approximate surface area is 192 Å². The number of unbranched alkanes of at least 4 members (excludes halogenated alkanes) is 1. The molecule has 0 aliphatic carbocycles. The van der Waals surface area contributed by atoms with Crippen LogP contribution in [0, 0.1) is 17.2 Å². The van der Waals surface area contributed by atoms with Crippen molar-refractivity contribution < 1.29 is 4.79 Å². The van der Waals surface area contributed by atoms with Crippen LogP contribution in [-0.4, -0.2) is 50.1 Å². The molecule has 1 heterocycles. The lowest BCUT2D eigenvalue weighted by Crippen LogP contribution is -2.41. The first-order valence-electron chi connectivity index (χ1n) is 11.3. The lowest BCUT2D eigenvalue weighted by Gasteiger charge is -2.32. The number of fused-ring (bicyclic) bond motifs is 1. The molecule has 0 atom stereocenters. The molecule has 1 amide bonds. The van der Waals surface area contributed by atoms with Gasteiger partial charge in [-0.3, -0.25) is 4.79 Å². The zero-order valence-corrected chi connectivity index (χ0v) is 19.1. The maximum absolute atomic E-state index is 12.8.